The first kappa shape index (κ1) is 17.0. The molecule has 2 N–H and O–H groups in total. The van der Waals surface area contributed by atoms with Crippen molar-refractivity contribution in [2.45, 2.75) is 39.7 Å². The third kappa shape index (κ3) is 6.41. The quantitative estimate of drug-likeness (QED) is 0.609. The average molecular weight is 284 g/mol. The first-order valence-electron chi connectivity index (χ1n) is 7.37. The number of aliphatic hydroxyl groups is 1. The molecule has 0 amide bonds. The van der Waals surface area contributed by atoms with Crippen molar-refractivity contribution in [2.75, 3.05) is 38.4 Å². The first-order chi connectivity index (χ1) is 9.65. The van der Waals surface area contributed by atoms with E-state index in [1.807, 2.05) is 30.7 Å². The van der Waals surface area contributed by atoms with Crippen LogP contribution in [0.4, 0.5) is 0 Å². The van der Waals surface area contributed by atoms with Crippen LogP contribution < -0.4 is 5.43 Å². The van der Waals surface area contributed by atoms with Crippen LogP contribution in [0.25, 0.3) is 0 Å². The van der Waals surface area contributed by atoms with E-state index in [-0.39, 0.29) is 0 Å². The van der Waals surface area contributed by atoms with Gasteiger partial charge in [0.2, 0.25) is 0 Å². The SMILES string of the molecule is CCCCOCCOCC(O)CNn1c(C)ccc1C. The molecule has 0 saturated carbocycles. The zero-order chi connectivity index (χ0) is 14.8. The summed E-state index contributed by atoms with van der Waals surface area (Å²) in [6.45, 7) is 8.88. The van der Waals surface area contributed by atoms with Crippen LogP contribution in [0.2, 0.25) is 0 Å². The summed E-state index contributed by atoms with van der Waals surface area (Å²) in [5.41, 5.74) is 5.44. The molecule has 5 nitrogen and oxygen atoms in total. The fraction of sp³-hybridized carbons (Fsp3) is 0.733. The first-order valence-corrected chi connectivity index (χ1v) is 7.37. The number of aryl methyl sites for hydroxylation is 2. The highest BCUT2D eigenvalue weighted by molar-refractivity contribution is 5.15. The standard InChI is InChI=1S/C15H28N2O3/c1-4-5-8-19-9-10-20-12-15(18)11-16-17-13(2)6-7-14(17)3/h6-7,15-16,18H,4-5,8-12H2,1-3H3. The van der Waals surface area contributed by atoms with Gasteiger partial charge in [0.25, 0.3) is 0 Å². The van der Waals surface area contributed by atoms with Gasteiger partial charge in [0.1, 0.15) is 0 Å². The maximum absolute atomic E-state index is 9.83. The van der Waals surface area contributed by atoms with Crippen molar-refractivity contribution >= 4 is 0 Å². The van der Waals surface area contributed by atoms with Crippen LogP contribution in [0.3, 0.4) is 0 Å². The predicted molar refractivity (Wildman–Crippen MR) is 80.7 cm³/mol. The summed E-state index contributed by atoms with van der Waals surface area (Å²) in [5.74, 6) is 0. The fourth-order valence-corrected chi connectivity index (χ4v) is 1.86. The van der Waals surface area contributed by atoms with Gasteiger partial charge in [0.15, 0.2) is 0 Å². The lowest BCUT2D eigenvalue weighted by Crippen LogP contribution is -2.31. The molecule has 1 rings (SSSR count). The largest absolute Gasteiger partial charge is 0.389 e. The van der Waals surface area contributed by atoms with E-state index in [1.165, 1.54) is 0 Å². The second-order valence-corrected chi connectivity index (χ2v) is 5.01. The van der Waals surface area contributed by atoms with Crippen molar-refractivity contribution in [1.82, 2.24) is 4.68 Å². The van der Waals surface area contributed by atoms with E-state index in [9.17, 15) is 5.11 Å². The summed E-state index contributed by atoms with van der Waals surface area (Å²) >= 11 is 0. The molecule has 0 fully saturated rings. The molecule has 1 aromatic heterocycles. The van der Waals surface area contributed by atoms with Gasteiger partial charge in [-0.25, -0.2) is 0 Å². The van der Waals surface area contributed by atoms with Crippen molar-refractivity contribution in [3.8, 4) is 0 Å². The second kappa shape index (κ2) is 9.80. The van der Waals surface area contributed by atoms with Crippen LogP contribution in [0, 0.1) is 13.8 Å². The molecular formula is C15H28N2O3. The van der Waals surface area contributed by atoms with E-state index >= 15 is 0 Å². The molecule has 0 aliphatic heterocycles. The highest BCUT2D eigenvalue weighted by atomic mass is 16.5. The highest BCUT2D eigenvalue weighted by Gasteiger charge is 2.06. The van der Waals surface area contributed by atoms with Crippen LogP contribution in [0.5, 0.6) is 0 Å². The zero-order valence-corrected chi connectivity index (χ0v) is 12.9. The number of aromatic nitrogens is 1. The summed E-state index contributed by atoms with van der Waals surface area (Å²) in [6.07, 6.45) is 1.71. The lowest BCUT2D eigenvalue weighted by molar-refractivity contribution is 0.00682. The van der Waals surface area contributed by atoms with E-state index < -0.39 is 6.10 Å². The van der Waals surface area contributed by atoms with E-state index in [1.54, 1.807) is 0 Å². The maximum Gasteiger partial charge on any atom is 0.0961 e. The van der Waals surface area contributed by atoms with Crippen LogP contribution in [0.15, 0.2) is 12.1 Å². The predicted octanol–water partition coefficient (Wildman–Crippen LogP) is 1.84. The molecule has 1 heterocycles. The minimum absolute atomic E-state index is 0.323. The smallest absolute Gasteiger partial charge is 0.0961 e. The Bertz CT molecular complexity index is 347. The molecule has 0 saturated heterocycles. The van der Waals surface area contributed by atoms with Crippen molar-refractivity contribution in [3.63, 3.8) is 0 Å². The molecule has 0 aromatic carbocycles. The van der Waals surface area contributed by atoms with Crippen LogP contribution in [0.1, 0.15) is 31.2 Å². The lowest BCUT2D eigenvalue weighted by atomic mass is 10.4. The van der Waals surface area contributed by atoms with Crippen molar-refractivity contribution in [3.05, 3.63) is 23.5 Å². The Hall–Kier alpha value is -1.04. The van der Waals surface area contributed by atoms with Gasteiger partial charge >= 0.3 is 0 Å². The minimum Gasteiger partial charge on any atom is -0.389 e. The Kier molecular flexibility index (Phi) is 8.34. The molecule has 1 atom stereocenters. The van der Waals surface area contributed by atoms with Crippen molar-refractivity contribution in [1.29, 1.82) is 0 Å². The summed E-state index contributed by atoms with van der Waals surface area (Å²) in [6, 6.07) is 4.08. The van der Waals surface area contributed by atoms with E-state index in [0.717, 1.165) is 30.8 Å². The average Bonchev–Trinajstić information content (AvgIpc) is 2.75. The van der Waals surface area contributed by atoms with Gasteiger partial charge in [-0.1, -0.05) is 13.3 Å². The van der Waals surface area contributed by atoms with Gasteiger partial charge in [-0.05, 0) is 32.4 Å². The number of ether oxygens (including phenoxy) is 2. The van der Waals surface area contributed by atoms with Crippen LogP contribution in [-0.4, -0.2) is 48.9 Å². The summed E-state index contributed by atoms with van der Waals surface area (Å²) < 4.78 is 12.7. The van der Waals surface area contributed by atoms with E-state index in [2.05, 4.69) is 12.3 Å². The van der Waals surface area contributed by atoms with E-state index in [0.29, 0.717) is 26.4 Å². The summed E-state index contributed by atoms with van der Waals surface area (Å²) in [5, 5.41) is 9.83. The number of hydrogen-bond acceptors (Lipinski definition) is 4. The number of nitrogens with one attached hydrogen (secondary N) is 1. The molecule has 0 radical (unpaired) electrons. The highest BCUT2D eigenvalue weighted by Crippen LogP contribution is 2.03. The molecule has 116 valence electrons. The number of rotatable bonds is 11. The van der Waals surface area contributed by atoms with Gasteiger partial charge in [-0.3, -0.25) is 4.68 Å². The lowest BCUT2D eigenvalue weighted by Gasteiger charge is -2.16. The molecule has 1 unspecified atom stereocenters. The normalized spacial score (nSPS) is 12.6. The number of hydrogen-bond donors (Lipinski definition) is 2. The van der Waals surface area contributed by atoms with Gasteiger partial charge in [-0.15, -0.1) is 0 Å². The monoisotopic (exact) mass is 284 g/mol. The van der Waals surface area contributed by atoms with Crippen molar-refractivity contribution < 1.29 is 14.6 Å². The maximum atomic E-state index is 9.83. The molecule has 0 bridgehead atoms. The summed E-state index contributed by atoms with van der Waals surface area (Å²) in [7, 11) is 0. The Morgan fingerprint density at radius 2 is 1.80 bits per heavy atom. The molecule has 20 heavy (non-hydrogen) atoms. The topological polar surface area (TPSA) is 55.6 Å². The van der Waals surface area contributed by atoms with Gasteiger partial charge in [-0.2, -0.15) is 0 Å². The van der Waals surface area contributed by atoms with Gasteiger partial charge in [0.05, 0.1) is 32.5 Å². The van der Waals surface area contributed by atoms with Gasteiger partial charge in [0, 0.05) is 18.0 Å². The molecule has 5 heteroatoms. The third-order valence-electron chi connectivity index (χ3n) is 3.08. The molecule has 0 spiro atoms. The Labute approximate surface area is 121 Å². The van der Waals surface area contributed by atoms with Gasteiger partial charge < -0.3 is 20.0 Å². The Morgan fingerprint density at radius 3 is 2.45 bits per heavy atom. The van der Waals surface area contributed by atoms with Crippen molar-refractivity contribution in [2.24, 2.45) is 0 Å². The minimum atomic E-state index is -0.521. The fourth-order valence-electron chi connectivity index (χ4n) is 1.86. The molecule has 1 aromatic rings. The third-order valence-corrected chi connectivity index (χ3v) is 3.08. The molecular weight excluding hydrogens is 256 g/mol. The van der Waals surface area contributed by atoms with Crippen LogP contribution in [-0.2, 0) is 9.47 Å². The molecule has 0 aliphatic rings. The summed E-state index contributed by atoms with van der Waals surface area (Å²) in [4.78, 5) is 0. The zero-order valence-electron chi connectivity index (χ0n) is 12.9. The number of unbranched alkanes of at least 4 members (excludes halogenated alkanes) is 1. The number of aliphatic hydroxyl groups excluding tert-OH is 1. The molecule has 0 aliphatic carbocycles. The second-order valence-electron chi connectivity index (χ2n) is 5.01. The Balaban J connectivity index is 2.05. The van der Waals surface area contributed by atoms with Crippen LogP contribution >= 0.6 is 0 Å². The Morgan fingerprint density at radius 1 is 1.15 bits per heavy atom. The number of nitrogens with zero attached hydrogens (tertiary/aromatic N) is 1. The van der Waals surface area contributed by atoms with E-state index in [4.69, 9.17) is 9.47 Å².